The molecule has 0 aliphatic carbocycles. The average Bonchev–Trinajstić information content (AvgIpc) is 3.18. The Morgan fingerprint density at radius 3 is 2.67 bits per heavy atom. The van der Waals surface area contributed by atoms with Gasteiger partial charge in [0.1, 0.15) is 11.6 Å². The van der Waals surface area contributed by atoms with E-state index in [2.05, 4.69) is 48.2 Å². The van der Waals surface area contributed by atoms with E-state index >= 15 is 0 Å². The van der Waals surface area contributed by atoms with Gasteiger partial charge >= 0.3 is 5.97 Å². The number of rotatable bonds is 9. The Labute approximate surface area is 178 Å². The molecule has 1 aliphatic heterocycles. The Kier molecular flexibility index (Phi) is 7.45. The van der Waals surface area contributed by atoms with Crippen molar-refractivity contribution in [2.45, 2.75) is 45.4 Å². The molecule has 0 bridgehead atoms. The second kappa shape index (κ2) is 10.5. The lowest BCUT2D eigenvalue weighted by Gasteiger charge is -2.20. The predicted octanol–water partition coefficient (Wildman–Crippen LogP) is 6.05. The maximum Gasteiger partial charge on any atom is 0.346 e. The van der Waals surface area contributed by atoms with Crippen molar-refractivity contribution in [2.24, 2.45) is 0 Å². The van der Waals surface area contributed by atoms with Crippen LogP contribution >= 0.6 is 0 Å². The highest BCUT2D eigenvalue weighted by atomic mass is 16.4. The monoisotopic (exact) mass is 400 g/mol. The number of unbranched alkanes of at least 4 members (excludes halogenated alkanes) is 3. The summed E-state index contributed by atoms with van der Waals surface area (Å²) in [6, 6.07) is 16.9. The van der Waals surface area contributed by atoms with E-state index in [0.29, 0.717) is 0 Å². The van der Waals surface area contributed by atoms with E-state index in [1.807, 2.05) is 12.1 Å². The van der Waals surface area contributed by atoms with Crippen LogP contribution in [0.15, 0.2) is 60.2 Å². The normalized spacial score (nSPS) is 13.5. The van der Waals surface area contributed by atoms with E-state index in [1.165, 1.54) is 54.3 Å². The van der Waals surface area contributed by atoms with Gasteiger partial charge in [0, 0.05) is 17.9 Å². The zero-order valence-electron chi connectivity index (χ0n) is 17.5. The predicted molar refractivity (Wildman–Crippen MR) is 122 cm³/mol. The summed E-state index contributed by atoms with van der Waals surface area (Å²) < 4.78 is 0. The summed E-state index contributed by atoms with van der Waals surface area (Å²) in [6.07, 6.45) is 12.0. The largest absolute Gasteiger partial charge is 0.477 e. The number of aryl methyl sites for hydroxylation is 1. The molecule has 3 rings (SSSR count). The molecular formula is C26H28N2O2. The smallest absolute Gasteiger partial charge is 0.346 e. The maximum absolute atomic E-state index is 10.9. The van der Waals surface area contributed by atoms with Gasteiger partial charge in [0.15, 0.2) is 0 Å². The Balaban J connectivity index is 1.67. The third-order valence-electron chi connectivity index (χ3n) is 5.47. The molecule has 4 heteroatoms. The number of carboxylic acid groups (broad SMARTS) is 1. The first-order chi connectivity index (χ1) is 14.6. The van der Waals surface area contributed by atoms with Gasteiger partial charge in [0.2, 0.25) is 0 Å². The van der Waals surface area contributed by atoms with E-state index in [1.54, 1.807) is 12.1 Å². The molecule has 4 nitrogen and oxygen atoms in total. The molecule has 0 spiro atoms. The molecule has 0 atom stereocenters. The lowest BCUT2D eigenvalue weighted by molar-refractivity contribution is -0.132. The van der Waals surface area contributed by atoms with Crippen molar-refractivity contribution in [3.63, 3.8) is 0 Å². The molecule has 1 heterocycles. The van der Waals surface area contributed by atoms with Gasteiger partial charge in [0.05, 0.1) is 0 Å². The lowest BCUT2D eigenvalue weighted by atomic mass is 10.1. The Morgan fingerprint density at radius 2 is 1.97 bits per heavy atom. The summed E-state index contributed by atoms with van der Waals surface area (Å²) in [4.78, 5) is 13.2. The number of aliphatic carboxylic acids is 1. The third-order valence-corrected chi connectivity index (χ3v) is 5.47. The summed E-state index contributed by atoms with van der Waals surface area (Å²) in [6.45, 7) is 3.19. The SMILES string of the molecule is CCCCCCc1ccc(N2CCc3cc(C=CC=C(C#N)C(=O)O)ccc32)cc1. The van der Waals surface area contributed by atoms with Crippen LogP contribution in [0.1, 0.15) is 49.3 Å². The molecule has 2 aromatic carbocycles. The van der Waals surface area contributed by atoms with E-state index in [0.717, 1.165) is 24.9 Å². The number of hydrogen-bond donors (Lipinski definition) is 1. The summed E-state index contributed by atoms with van der Waals surface area (Å²) in [5.41, 5.74) is 5.85. The molecule has 0 saturated heterocycles. The lowest BCUT2D eigenvalue weighted by Crippen LogP contribution is -2.13. The highest BCUT2D eigenvalue weighted by molar-refractivity contribution is 5.91. The third kappa shape index (κ3) is 5.39. The van der Waals surface area contributed by atoms with E-state index < -0.39 is 5.97 Å². The molecular weight excluding hydrogens is 372 g/mol. The quantitative estimate of drug-likeness (QED) is 0.241. The molecule has 0 unspecified atom stereocenters. The second-order valence-corrected chi connectivity index (χ2v) is 7.62. The van der Waals surface area contributed by atoms with E-state index in [-0.39, 0.29) is 5.57 Å². The molecule has 0 radical (unpaired) electrons. The first kappa shape index (κ1) is 21.4. The first-order valence-electron chi connectivity index (χ1n) is 10.6. The van der Waals surface area contributed by atoms with Crippen LogP contribution in [0.4, 0.5) is 11.4 Å². The fourth-order valence-electron chi connectivity index (χ4n) is 3.80. The first-order valence-corrected chi connectivity index (χ1v) is 10.6. The van der Waals surface area contributed by atoms with Crippen molar-refractivity contribution in [1.29, 1.82) is 5.26 Å². The molecule has 1 aliphatic rings. The standard InChI is InChI=1S/C26H28N2O2/c1-2-3-4-5-7-20-10-13-24(14-11-20)28-17-16-22-18-21(12-15-25(22)28)8-6-9-23(19-27)26(29)30/h6,8-15,18H,2-5,7,16-17H2,1H3,(H,29,30). The summed E-state index contributed by atoms with van der Waals surface area (Å²) in [7, 11) is 0. The van der Waals surface area contributed by atoms with E-state index in [4.69, 9.17) is 10.4 Å². The van der Waals surface area contributed by atoms with Crippen molar-refractivity contribution >= 4 is 23.4 Å². The summed E-state index contributed by atoms with van der Waals surface area (Å²) >= 11 is 0. The number of fused-ring (bicyclic) bond motifs is 1. The molecule has 0 fully saturated rings. The molecule has 0 aromatic heterocycles. The minimum Gasteiger partial charge on any atom is -0.477 e. The Morgan fingerprint density at radius 1 is 1.17 bits per heavy atom. The minimum absolute atomic E-state index is 0.271. The number of nitriles is 1. The van der Waals surface area contributed by atoms with Crippen LogP contribution in [0, 0.1) is 11.3 Å². The van der Waals surface area contributed by atoms with Crippen molar-refractivity contribution in [1.82, 2.24) is 0 Å². The van der Waals surface area contributed by atoms with Crippen molar-refractivity contribution in [3.05, 3.63) is 76.9 Å². The van der Waals surface area contributed by atoms with Crippen LogP contribution in [0.5, 0.6) is 0 Å². The van der Waals surface area contributed by atoms with Crippen LogP contribution in [0.25, 0.3) is 6.08 Å². The molecule has 0 amide bonds. The maximum atomic E-state index is 10.9. The Bertz CT molecular complexity index is 981. The zero-order valence-corrected chi connectivity index (χ0v) is 17.5. The van der Waals surface area contributed by atoms with E-state index in [9.17, 15) is 4.79 Å². The zero-order chi connectivity index (χ0) is 21.3. The fraction of sp³-hybridized carbons (Fsp3) is 0.308. The molecule has 0 saturated carbocycles. The number of carboxylic acids is 1. The summed E-state index contributed by atoms with van der Waals surface area (Å²) in [5, 5.41) is 17.7. The Hall–Kier alpha value is -3.32. The minimum atomic E-state index is -1.21. The number of benzene rings is 2. The van der Waals surface area contributed by atoms with Gasteiger partial charge in [-0.25, -0.2) is 4.79 Å². The highest BCUT2D eigenvalue weighted by Crippen LogP contribution is 2.35. The summed E-state index contributed by atoms with van der Waals surface area (Å²) in [5.74, 6) is -1.21. The van der Waals surface area contributed by atoms with Gasteiger partial charge in [0.25, 0.3) is 0 Å². The second-order valence-electron chi connectivity index (χ2n) is 7.62. The number of nitrogens with zero attached hydrogens (tertiary/aromatic N) is 2. The van der Waals surface area contributed by atoms with Gasteiger partial charge < -0.3 is 10.0 Å². The van der Waals surface area contributed by atoms with Crippen LogP contribution < -0.4 is 4.90 Å². The van der Waals surface area contributed by atoms with Gasteiger partial charge in [-0.2, -0.15) is 5.26 Å². The average molecular weight is 401 g/mol. The van der Waals surface area contributed by atoms with Crippen LogP contribution in [0.3, 0.4) is 0 Å². The number of hydrogen-bond acceptors (Lipinski definition) is 3. The van der Waals surface area contributed by atoms with Crippen LogP contribution in [0.2, 0.25) is 0 Å². The van der Waals surface area contributed by atoms with Gasteiger partial charge in [-0.3, -0.25) is 0 Å². The van der Waals surface area contributed by atoms with Gasteiger partial charge in [-0.1, -0.05) is 56.5 Å². The van der Waals surface area contributed by atoms with Crippen molar-refractivity contribution < 1.29 is 9.90 Å². The molecule has 30 heavy (non-hydrogen) atoms. The fourth-order valence-corrected chi connectivity index (χ4v) is 3.80. The van der Waals surface area contributed by atoms with Gasteiger partial charge in [-0.15, -0.1) is 0 Å². The number of carbonyl (C=O) groups is 1. The molecule has 1 N–H and O–H groups in total. The van der Waals surface area contributed by atoms with Crippen LogP contribution in [-0.4, -0.2) is 17.6 Å². The highest BCUT2D eigenvalue weighted by Gasteiger charge is 2.20. The van der Waals surface area contributed by atoms with Gasteiger partial charge in [-0.05, 0) is 66.3 Å². The van der Waals surface area contributed by atoms with Crippen molar-refractivity contribution in [2.75, 3.05) is 11.4 Å². The topological polar surface area (TPSA) is 64.3 Å². The molecule has 2 aromatic rings. The van der Waals surface area contributed by atoms with Crippen LogP contribution in [-0.2, 0) is 17.6 Å². The van der Waals surface area contributed by atoms with Crippen molar-refractivity contribution in [3.8, 4) is 6.07 Å². The number of anilines is 2. The molecule has 154 valence electrons. The number of allylic oxidation sites excluding steroid dienone is 2.